The molecule has 1 nitrogen and oxygen atoms in total. The number of halogens is 3. The second-order valence-corrected chi connectivity index (χ2v) is 5.10. The molecule has 0 bridgehead atoms. The van der Waals surface area contributed by atoms with Crippen molar-refractivity contribution in [3.63, 3.8) is 0 Å². The summed E-state index contributed by atoms with van der Waals surface area (Å²) < 4.78 is 13.4. The van der Waals surface area contributed by atoms with Crippen LogP contribution in [0.5, 0.6) is 0 Å². The number of hydrogen-bond donors (Lipinski definition) is 1. The van der Waals surface area contributed by atoms with Gasteiger partial charge in [-0.05, 0) is 48.4 Å². The Morgan fingerprint density at radius 1 is 1.00 bits per heavy atom. The van der Waals surface area contributed by atoms with E-state index >= 15 is 0 Å². The molecule has 1 N–H and O–H groups in total. The van der Waals surface area contributed by atoms with Crippen LogP contribution in [0, 0.1) is 5.82 Å². The van der Waals surface area contributed by atoms with Crippen molar-refractivity contribution in [1.82, 2.24) is 5.32 Å². The molecule has 4 heteroatoms. The highest BCUT2D eigenvalue weighted by atomic mass is 35.5. The van der Waals surface area contributed by atoms with Crippen molar-refractivity contribution in [1.29, 1.82) is 0 Å². The Morgan fingerprint density at radius 2 is 1.79 bits per heavy atom. The van der Waals surface area contributed by atoms with Crippen LogP contribution in [0.1, 0.15) is 11.1 Å². The zero-order valence-corrected chi connectivity index (χ0v) is 11.8. The Labute approximate surface area is 122 Å². The number of rotatable bonds is 5. The summed E-state index contributed by atoms with van der Waals surface area (Å²) in [6.07, 6.45) is 0.644. The van der Waals surface area contributed by atoms with Gasteiger partial charge in [0.05, 0.1) is 0 Å². The summed E-state index contributed by atoms with van der Waals surface area (Å²) >= 11 is 12.0. The van der Waals surface area contributed by atoms with Crippen LogP contribution in [-0.2, 0) is 13.0 Å². The van der Waals surface area contributed by atoms with Crippen LogP contribution in [0.15, 0.2) is 42.5 Å². The van der Waals surface area contributed by atoms with Crippen LogP contribution >= 0.6 is 23.2 Å². The molecule has 0 spiro atoms. The normalized spacial score (nSPS) is 10.7. The van der Waals surface area contributed by atoms with E-state index in [9.17, 15) is 4.39 Å². The van der Waals surface area contributed by atoms with Crippen molar-refractivity contribution in [2.75, 3.05) is 6.54 Å². The molecule has 2 aromatic rings. The molecule has 100 valence electrons. The monoisotopic (exact) mass is 297 g/mol. The summed E-state index contributed by atoms with van der Waals surface area (Å²) in [6.45, 7) is 1.30. The van der Waals surface area contributed by atoms with Gasteiger partial charge in [-0.15, -0.1) is 0 Å². The summed E-state index contributed by atoms with van der Waals surface area (Å²) in [5.74, 6) is -0.162. The highest BCUT2D eigenvalue weighted by molar-refractivity contribution is 6.33. The third-order valence-electron chi connectivity index (χ3n) is 2.85. The lowest BCUT2D eigenvalue weighted by molar-refractivity contribution is 0.598. The third kappa shape index (κ3) is 4.20. The second-order valence-electron chi connectivity index (χ2n) is 4.25. The van der Waals surface area contributed by atoms with E-state index in [1.165, 1.54) is 6.07 Å². The van der Waals surface area contributed by atoms with E-state index in [1.54, 1.807) is 24.3 Å². The highest BCUT2D eigenvalue weighted by Gasteiger charge is 2.02. The maximum atomic E-state index is 13.4. The third-order valence-corrected chi connectivity index (χ3v) is 3.46. The summed E-state index contributed by atoms with van der Waals surface area (Å²) in [4.78, 5) is 0. The summed E-state index contributed by atoms with van der Waals surface area (Å²) in [7, 11) is 0. The number of nitrogens with one attached hydrogen (secondary N) is 1. The average molecular weight is 298 g/mol. The molecular formula is C15H14Cl2FN. The van der Waals surface area contributed by atoms with E-state index in [0.717, 1.165) is 5.56 Å². The van der Waals surface area contributed by atoms with Gasteiger partial charge in [-0.2, -0.15) is 0 Å². The van der Waals surface area contributed by atoms with E-state index in [0.29, 0.717) is 35.1 Å². The van der Waals surface area contributed by atoms with Gasteiger partial charge in [-0.1, -0.05) is 41.4 Å². The number of benzene rings is 2. The van der Waals surface area contributed by atoms with Gasteiger partial charge in [0.2, 0.25) is 0 Å². The molecule has 0 saturated carbocycles. The van der Waals surface area contributed by atoms with Crippen molar-refractivity contribution >= 4 is 23.2 Å². The van der Waals surface area contributed by atoms with Crippen molar-refractivity contribution in [3.8, 4) is 0 Å². The Kier molecular flexibility index (Phi) is 5.20. The Bertz CT molecular complexity index is 558. The summed E-state index contributed by atoms with van der Waals surface area (Å²) in [5, 5.41) is 4.58. The fraction of sp³-hybridized carbons (Fsp3) is 0.200. The first-order valence-electron chi connectivity index (χ1n) is 6.05. The topological polar surface area (TPSA) is 12.0 Å². The molecule has 0 aliphatic carbocycles. The molecule has 0 saturated heterocycles. The lowest BCUT2D eigenvalue weighted by Crippen LogP contribution is -2.17. The van der Waals surface area contributed by atoms with Gasteiger partial charge in [0.25, 0.3) is 0 Å². The predicted octanol–water partition coefficient (Wildman–Crippen LogP) is 4.46. The minimum absolute atomic E-state index is 0.162. The van der Waals surface area contributed by atoms with Crippen LogP contribution in [0.2, 0.25) is 10.0 Å². The molecule has 0 heterocycles. The van der Waals surface area contributed by atoms with Crippen molar-refractivity contribution in [3.05, 3.63) is 69.5 Å². The van der Waals surface area contributed by atoms with Gasteiger partial charge in [-0.25, -0.2) is 4.39 Å². The molecule has 0 amide bonds. The van der Waals surface area contributed by atoms with E-state index in [1.807, 2.05) is 12.1 Å². The first-order valence-corrected chi connectivity index (χ1v) is 6.80. The maximum Gasteiger partial charge on any atom is 0.126 e. The van der Waals surface area contributed by atoms with Crippen LogP contribution in [-0.4, -0.2) is 6.54 Å². The van der Waals surface area contributed by atoms with Gasteiger partial charge in [0, 0.05) is 16.6 Å². The van der Waals surface area contributed by atoms with E-state index in [2.05, 4.69) is 5.32 Å². The van der Waals surface area contributed by atoms with Crippen LogP contribution in [0.4, 0.5) is 4.39 Å². The molecule has 0 radical (unpaired) electrons. The average Bonchev–Trinajstić information content (AvgIpc) is 2.40. The Morgan fingerprint density at radius 3 is 2.58 bits per heavy atom. The van der Waals surface area contributed by atoms with E-state index in [-0.39, 0.29) is 5.82 Å². The Balaban J connectivity index is 1.84. The molecule has 0 aromatic heterocycles. The second kappa shape index (κ2) is 6.90. The molecule has 0 fully saturated rings. The van der Waals surface area contributed by atoms with Gasteiger partial charge in [0.1, 0.15) is 5.82 Å². The van der Waals surface area contributed by atoms with Crippen LogP contribution < -0.4 is 5.32 Å². The van der Waals surface area contributed by atoms with Gasteiger partial charge in [0.15, 0.2) is 0 Å². The zero-order chi connectivity index (χ0) is 13.7. The largest absolute Gasteiger partial charge is 0.312 e. The highest BCUT2D eigenvalue weighted by Crippen LogP contribution is 2.20. The van der Waals surface area contributed by atoms with Gasteiger partial charge < -0.3 is 5.32 Å². The van der Waals surface area contributed by atoms with E-state index < -0.39 is 0 Å². The van der Waals surface area contributed by atoms with E-state index in [4.69, 9.17) is 23.2 Å². The van der Waals surface area contributed by atoms with Crippen molar-refractivity contribution in [2.24, 2.45) is 0 Å². The molecule has 2 rings (SSSR count). The summed E-state index contributed by atoms with van der Waals surface area (Å²) in [5.41, 5.74) is 1.66. The maximum absolute atomic E-state index is 13.4. The molecule has 0 aliphatic heterocycles. The molecule has 0 unspecified atom stereocenters. The van der Waals surface area contributed by atoms with Crippen LogP contribution in [0.3, 0.4) is 0 Å². The summed E-state index contributed by atoms with van der Waals surface area (Å²) in [6, 6.07) is 12.2. The first-order chi connectivity index (χ1) is 9.16. The van der Waals surface area contributed by atoms with Gasteiger partial charge in [-0.3, -0.25) is 0 Å². The lowest BCUT2D eigenvalue weighted by atomic mass is 10.1. The Hall–Kier alpha value is -1.09. The SMILES string of the molecule is Fc1ccccc1CCNCc1cc(Cl)ccc1Cl. The predicted molar refractivity (Wildman–Crippen MR) is 78.3 cm³/mol. The molecule has 19 heavy (non-hydrogen) atoms. The molecule has 0 aliphatic rings. The fourth-order valence-corrected chi connectivity index (χ4v) is 2.21. The van der Waals surface area contributed by atoms with Crippen LogP contribution in [0.25, 0.3) is 0 Å². The smallest absolute Gasteiger partial charge is 0.126 e. The first kappa shape index (κ1) is 14.3. The quantitative estimate of drug-likeness (QED) is 0.803. The fourth-order valence-electron chi connectivity index (χ4n) is 1.83. The van der Waals surface area contributed by atoms with Crippen molar-refractivity contribution < 1.29 is 4.39 Å². The molecule has 0 atom stereocenters. The minimum atomic E-state index is -0.162. The zero-order valence-electron chi connectivity index (χ0n) is 10.3. The number of hydrogen-bond acceptors (Lipinski definition) is 1. The van der Waals surface area contributed by atoms with Crippen molar-refractivity contribution in [2.45, 2.75) is 13.0 Å². The van der Waals surface area contributed by atoms with Gasteiger partial charge >= 0.3 is 0 Å². The standard InChI is InChI=1S/C15H14Cl2FN/c16-13-5-6-14(17)12(9-13)10-19-8-7-11-3-1-2-4-15(11)18/h1-6,9,19H,7-8,10H2. The molecule has 2 aromatic carbocycles. The minimum Gasteiger partial charge on any atom is -0.312 e. The molecular weight excluding hydrogens is 284 g/mol. The lowest BCUT2D eigenvalue weighted by Gasteiger charge is -2.08.